The number of hydrogen-bond acceptors (Lipinski definition) is 8. The number of nitrogens with zero attached hydrogens (tertiary/aromatic N) is 1. The molecular weight excluding hydrogens is 419 g/mol. The van der Waals surface area contributed by atoms with E-state index in [-0.39, 0.29) is 18.2 Å². The number of fused-ring (bicyclic) bond motifs is 2. The molecule has 4 aliphatic rings. The van der Waals surface area contributed by atoms with E-state index in [1.807, 2.05) is 6.07 Å². The van der Waals surface area contributed by atoms with E-state index in [0.717, 1.165) is 24.1 Å². The maximum absolute atomic E-state index is 10.8. The molecule has 4 aliphatic heterocycles. The van der Waals surface area contributed by atoms with Gasteiger partial charge in [-0.3, -0.25) is 15.5 Å². The first-order valence-corrected chi connectivity index (χ1v) is 10.8. The van der Waals surface area contributed by atoms with Gasteiger partial charge in [-0.2, -0.15) is 0 Å². The van der Waals surface area contributed by atoms with Crippen molar-refractivity contribution in [3.05, 3.63) is 33.3 Å². The third-order valence-corrected chi connectivity index (χ3v) is 7.37. The van der Waals surface area contributed by atoms with E-state index in [0.29, 0.717) is 29.7 Å². The molecule has 160 valence electrons. The smallest absolute Gasteiger partial charge is 0.141 e. The molecule has 0 bridgehead atoms. The molecule has 1 aromatic carbocycles. The van der Waals surface area contributed by atoms with E-state index in [4.69, 9.17) is 38.4 Å². The number of likely N-dealkylation sites (tertiary alicyclic amines) is 1. The molecule has 0 aliphatic carbocycles. The molecule has 8 nitrogen and oxygen atoms in total. The van der Waals surface area contributed by atoms with E-state index in [2.05, 4.69) is 15.5 Å². The SMILES string of the molecule is NC1NCNC2C1CCN2[C@@H]1O[C@H]([C@@H]2OCCc3cc(Cl)c(Cl)cc32)[C@@H](O)[C@H]1O. The van der Waals surface area contributed by atoms with Gasteiger partial charge in [0.05, 0.1) is 29.0 Å². The van der Waals surface area contributed by atoms with Gasteiger partial charge in [0.1, 0.15) is 30.6 Å². The second-order valence-corrected chi connectivity index (χ2v) is 9.04. The van der Waals surface area contributed by atoms with Gasteiger partial charge in [0.2, 0.25) is 0 Å². The van der Waals surface area contributed by atoms with Crippen LogP contribution in [-0.4, -0.2) is 71.8 Å². The van der Waals surface area contributed by atoms with Gasteiger partial charge in [0.15, 0.2) is 0 Å². The lowest BCUT2D eigenvalue weighted by molar-refractivity contribution is -0.142. The number of aliphatic hydroxyl groups is 2. The number of halogens is 2. The highest BCUT2D eigenvalue weighted by Crippen LogP contribution is 2.42. The van der Waals surface area contributed by atoms with Crippen LogP contribution < -0.4 is 16.4 Å². The zero-order chi connectivity index (χ0) is 20.3. The van der Waals surface area contributed by atoms with Gasteiger partial charge in [0.25, 0.3) is 0 Å². The van der Waals surface area contributed by atoms with Crippen LogP contribution in [0.15, 0.2) is 12.1 Å². The van der Waals surface area contributed by atoms with Gasteiger partial charge in [-0.05, 0) is 36.1 Å². The molecule has 8 atom stereocenters. The first-order valence-electron chi connectivity index (χ1n) is 10.0. The highest BCUT2D eigenvalue weighted by atomic mass is 35.5. The molecule has 5 rings (SSSR count). The molecular formula is C19H26Cl2N4O4. The maximum atomic E-state index is 10.8. The third-order valence-electron chi connectivity index (χ3n) is 6.65. The summed E-state index contributed by atoms with van der Waals surface area (Å²) in [5.41, 5.74) is 8.07. The quantitative estimate of drug-likeness (QED) is 0.437. The lowest BCUT2D eigenvalue weighted by Crippen LogP contribution is -2.64. The minimum atomic E-state index is -1.08. The minimum absolute atomic E-state index is 0.00957. The molecule has 3 unspecified atom stereocenters. The molecule has 3 saturated heterocycles. The van der Waals surface area contributed by atoms with E-state index < -0.39 is 30.6 Å². The fourth-order valence-electron chi connectivity index (χ4n) is 5.16. The molecule has 0 radical (unpaired) electrons. The summed E-state index contributed by atoms with van der Waals surface area (Å²) in [7, 11) is 0. The van der Waals surface area contributed by atoms with Crippen LogP contribution in [-0.2, 0) is 15.9 Å². The maximum Gasteiger partial charge on any atom is 0.141 e. The number of nitrogens with one attached hydrogen (secondary N) is 2. The summed E-state index contributed by atoms with van der Waals surface area (Å²) in [4.78, 5) is 2.07. The number of hydrogen-bond donors (Lipinski definition) is 5. The highest BCUT2D eigenvalue weighted by Gasteiger charge is 2.54. The summed E-state index contributed by atoms with van der Waals surface area (Å²) in [5.74, 6) is 0.211. The number of ether oxygens (including phenoxy) is 2. The standard InChI is InChI=1S/C19H26Cl2N4O4/c20-11-5-8-2-4-28-15(10(8)6-12(11)21)16-13(26)14(27)19(29-16)25-3-1-9-17(22)23-7-24-18(9)25/h5-6,9,13-19,23-24,26-27H,1-4,7,22H2/t9?,13-,14+,15+,16-,17?,18?,19+/m0/s1. The van der Waals surface area contributed by atoms with Crippen LogP contribution in [0, 0.1) is 5.92 Å². The number of rotatable bonds is 2. The Morgan fingerprint density at radius 1 is 1.14 bits per heavy atom. The van der Waals surface area contributed by atoms with Crippen molar-refractivity contribution in [3.8, 4) is 0 Å². The topological polar surface area (TPSA) is 112 Å². The van der Waals surface area contributed by atoms with Crippen molar-refractivity contribution >= 4 is 23.2 Å². The summed E-state index contributed by atoms with van der Waals surface area (Å²) < 4.78 is 12.2. The van der Waals surface area contributed by atoms with Crippen LogP contribution in [0.2, 0.25) is 10.0 Å². The Balaban J connectivity index is 1.39. The van der Waals surface area contributed by atoms with Gasteiger partial charge < -0.3 is 25.4 Å². The average molecular weight is 445 g/mol. The normalized spacial score (nSPS) is 42.7. The first kappa shape index (κ1) is 20.4. The molecule has 0 amide bonds. The fraction of sp³-hybridized carbons (Fsp3) is 0.684. The minimum Gasteiger partial charge on any atom is -0.387 e. The van der Waals surface area contributed by atoms with Crippen molar-refractivity contribution in [3.63, 3.8) is 0 Å². The van der Waals surface area contributed by atoms with Gasteiger partial charge >= 0.3 is 0 Å². The average Bonchev–Trinajstić information content (AvgIpc) is 3.25. The van der Waals surface area contributed by atoms with E-state index >= 15 is 0 Å². The van der Waals surface area contributed by atoms with Gasteiger partial charge in [0, 0.05) is 19.1 Å². The largest absolute Gasteiger partial charge is 0.387 e. The van der Waals surface area contributed by atoms with E-state index in [1.165, 1.54) is 0 Å². The molecule has 0 aromatic heterocycles. The van der Waals surface area contributed by atoms with Crippen molar-refractivity contribution in [2.75, 3.05) is 19.8 Å². The van der Waals surface area contributed by atoms with Crippen molar-refractivity contribution < 1.29 is 19.7 Å². The Hall–Kier alpha value is -0.520. The number of benzene rings is 1. The van der Waals surface area contributed by atoms with Crippen molar-refractivity contribution in [2.45, 2.75) is 55.8 Å². The van der Waals surface area contributed by atoms with Crippen molar-refractivity contribution in [1.82, 2.24) is 15.5 Å². The molecule has 0 saturated carbocycles. The van der Waals surface area contributed by atoms with Crippen molar-refractivity contribution in [2.24, 2.45) is 11.7 Å². The van der Waals surface area contributed by atoms with Crippen LogP contribution in [0.3, 0.4) is 0 Å². The van der Waals surface area contributed by atoms with Gasteiger partial charge in [-0.25, -0.2) is 0 Å². The van der Waals surface area contributed by atoms with Crippen LogP contribution in [0.5, 0.6) is 0 Å². The lowest BCUT2D eigenvalue weighted by atomic mass is 9.92. The summed E-state index contributed by atoms with van der Waals surface area (Å²) in [6.07, 6.45) is -2.53. The monoisotopic (exact) mass is 444 g/mol. The van der Waals surface area contributed by atoms with E-state index in [1.54, 1.807) is 6.07 Å². The van der Waals surface area contributed by atoms with Gasteiger partial charge in [-0.1, -0.05) is 23.2 Å². The van der Waals surface area contributed by atoms with Crippen LogP contribution in [0.25, 0.3) is 0 Å². The lowest BCUT2D eigenvalue weighted by Gasteiger charge is -2.39. The Morgan fingerprint density at radius 2 is 1.93 bits per heavy atom. The predicted molar refractivity (Wildman–Crippen MR) is 107 cm³/mol. The van der Waals surface area contributed by atoms with Crippen LogP contribution in [0.4, 0.5) is 0 Å². The summed E-state index contributed by atoms with van der Waals surface area (Å²) in [6, 6.07) is 3.62. The second-order valence-electron chi connectivity index (χ2n) is 8.22. The fourth-order valence-corrected chi connectivity index (χ4v) is 5.51. The zero-order valence-electron chi connectivity index (χ0n) is 15.8. The first-order chi connectivity index (χ1) is 14.0. The molecule has 4 heterocycles. The summed E-state index contributed by atoms with van der Waals surface area (Å²) in [6.45, 7) is 1.80. The summed E-state index contributed by atoms with van der Waals surface area (Å²) >= 11 is 12.4. The number of nitrogens with two attached hydrogens (primary N) is 1. The molecule has 10 heteroatoms. The third kappa shape index (κ3) is 3.40. The molecule has 29 heavy (non-hydrogen) atoms. The Kier molecular flexibility index (Phi) is 5.53. The van der Waals surface area contributed by atoms with Crippen molar-refractivity contribution in [1.29, 1.82) is 0 Å². The number of aliphatic hydroxyl groups excluding tert-OH is 2. The van der Waals surface area contributed by atoms with Crippen LogP contribution in [0.1, 0.15) is 23.7 Å². The Morgan fingerprint density at radius 3 is 2.76 bits per heavy atom. The summed E-state index contributed by atoms with van der Waals surface area (Å²) in [5, 5.41) is 29.2. The van der Waals surface area contributed by atoms with E-state index in [9.17, 15) is 10.2 Å². The second kappa shape index (κ2) is 7.87. The molecule has 6 N–H and O–H groups in total. The Bertz CT molecular complexity index is 787. The molecule has 3 fully saturated rings. The Labute approximate surface area is 179 Å². The highest BCUT2D eigenvalue weighted by molar-refractivity contribution is 6.42. The molecule has 1 aromatic rings. The van der Waals surface area contributed by atoms with Crippen LogP contribution >= 0.6 is 23.2 Å². The predicted octanol–water partition coefficient (Wildman–Crippen LogP) is 0.137. The van der Waals surface area contributed by atoms with Gasteiger partial charge in [-0.15, -0.1) is 0 Å². The zero-order valence-corrected chi connectivity index (χ0v) is 17.3. The molecule has 0 spiro atoms.